The van der Waals surface area contributed by atoms with Gasteiger partial charge in [-0.15, -0.1) is 0 Å². The molecule has 0 aliphatic heterocycles. The van der Waals surface area contributed by atoms with Crippen molar-refractivity contribution in [3.05, 3.63) is 102 Å². The minimum absolute atomic E-state index is 0.0812. The summed E-state index contributed by atoms with van der Waals surface area (Å²) in [7, 11) is -2.54. The van der Waals surface area contributed by atoms with Gasteiger partial charge in [-0.05, 0) is 35.9 Å². The predicted molar refractivity (Wildman–Crippen MR) is 134 cm³/mol. The van der Waals surface area contributed by atoms with E-state index in [-0.39, 0.29) is 24.2 Å². The number of hydrogen-bond acceptors (Lipinski definition) is 4. The Hall–Kier alpha value is -3.79. The quantitative estimate of drug-likeness (QED) is 0.450. The highest BCUT2D eigenvalue weighted by atomic mass is 32.2. The lowest BCUT2D eigenvalue weighted by Gasteiger charge is -2.33. The standard InChI is InChI=1S/C26H27F2N3O4S/c1-29-26(33)24(16-19-8-4-3-5-9-19)30(17-20-10-6-7-11-23(20)28)25(32)18-31(36(2,34)35)22-14-12-21(27)13-15-22/h3-15,24H,16-18H2,1-2H3,(H,29,33)/t24-/m1/s1. The maximum Gasteiger partial charge on any atom is 0.244 e. The number of likely N-dealkylation sites (N-methyl/N-ethyl adjacent to an activating group) is 1. The first-order valence-electron chi connectivity index (χ1n) is 11.1. The minimum atomic E-state index is -3.96. The van der Waals surface area contributed by atoms with Gasteiger partial charge in [-0.1, -0.05) is 48.5 Å². The molecule has 0 saturated heterocycles. The minimum Gasteiger partial charge on any atom is -0.357 e. The van der Waals surface area contributed by atoms with Crippen molar-refractivity contribution in [1.29, 1.82) is 0 Å². The van der Waals surface area contributed by atoms with Crippen LogP contribution in [0.25, 0.3) is 0 Å². The molecular formula is C26H27F2N3O4S. The second-order valence-corrected chi connectivity index (χ2v) is 10.1. The van der Waals surface area contributed by atoms with E-state index >= 15 is 0 Å². The molecule has 0 spiro atoms. The van der Waals surface area contributed by atoms with Gasteiger partial charge in [0.15, 0.2) is 0 Å². The second kappa shape index (κ2) is 11.8. The van der Waals surface area contributed by atoms with Gasteiger partial charge < -0.3 is 10.2 Å². The monoisotopic (exact) mass is 515 g/mol. The molecule has 0 aliphatic rings. The fraction of sp³-hybridized carbons (Fsp3) is 0.231. The number of nitrogens with zero attached hydrogens (tertiary/aromatic N) is 2. The molecule has 0 heterocycles. The van der Waals surface area contributed by atoms with Crippen molar-refractivity contribution in [1.82, 2.24) is 10.2 Å². The summed E-state index contributed by atoms with van der Waals surface area (Å²) in [5.41, 5.74) is 1.01. The van der Waals surface area contributed by atoms with Crippen molar-refractivity contribution in [2.75, 3.05) is 24.2 Å². The van der Waals surface area contributed by atoms with E-state index in [4.69, 9.17) is 0 Å². The van der Waals surface area contributed by atoms with E-state index in [0.717, 1.165) is 28.3 Å². The van der Waals surface area contributed by atoms with E-state index in [2.05, 4.69) is 5.32 Å². The average Bonchev–Trinajstić information content (AvgIpc) is 2.85. The van der Waals surface area contributed by atoms with Crippen molar-refractivity contribution in [3.8, 4) is 0 Å². The van der Waals surface area contributed by atoms with Crippen LogP contribution in [0.4, 0.5) is 14.5 Å². The lowest BCUT2D eigenvalue weighted by atomic mass is 10.0. The molecule has 0 bridgehead atoms. The molecule has 1 N–H and O–H groups in total. The number of amides is 2. The molecular weight excluding hydrogens is 488 g/mol. The van der Waals surface area contributed by atoms with Crippen molar-refractivity contribution >= 4 is 27.5 Å². The first-order chi connectivity index (χ1) is 17.1. The first kappa shape index (κ1) is 26.8. The Morgan fingerprint density at radius 3 is 2.11 bits per heavy atom. The number of carbonyl (C=O) groups excluding carboxylic acids is 2. The highest BCUT2D eigenvalue weighted by Crippen LogP contribution is 2.21. The molecule has 7 nitrogen and oxygen atoms in total. The molecule has 3 aromatic rings. The zero-order valence-corrected chi connectivity index (χ0v) is 20.7. The zero-order chi connectivity index (χ0) is 26.3. The van der Waals surface area contributed by atoms with Crippen LogP contribution in [-0.2, 0) is 32.6 Å². The lowest BCUT2D eigenvalue weighted by Crippen LogP contribution is -2.53. The smallest absolute Gasteiger partial charge is 0.244 e. The topological polar surface area (TPSA) is 86.8 Å². The van der Waals surface area contributed by atoms with Gasteiger partial charge in [0, 0.05) is 25.6 Å². The van der Waals surface area contributed by atoms with Crippen molar-refractivity contribution in [2.45, 2.75) is 19.0 Å². The Bertz CT molecular complexity index is 1300. The summed E-state index contributed by atoms with van der Waals surface area (Å²) in [6, 6.07) is 18.4. The Kier molecular flexibility index (Phi) is 8.76. The van der Waals surface area contributed by atoms with Crippen LogP contribution in [0.2, 0.25) is 0 Å². The van der Waals surface area contributed by atoms with Crippen LogP contribution < -0.4 is 9.62 Å². The molecule has 3 aromatic carbocycles. The SMILES string of the molecule is CNC(=O)[C@@H](Cc1ccccc1)N(Cc1ccccc1F)C(=O)CN(c1ccc(F)cc1)S(C)(=O)=O. The molecule has 2 amide bonds. The number of sulfonamides is 1. The Morgan fingerprint density at radius 2 is 1.53 bits per heavy atom. The number of nitrogens with one attached hydrogen (secondary N) is 1. The number of carbonyl (C=O) groups is 2. The fourth-order valence-electron chi connectivity index (χ4n) is 3.75. The van der Waals surface area contributed by atoms with E-state index in [1.807, 2.05) is 6.07 Å². The fourth-order valence-corrected chi connectivity index (χ4v) is 4.60. The normalized spacial score (nSPS) is 12.0. The van der Waals surface area contributed by atoms with Gasteiger partial charge in [0.1, 0.15) is 24.2 Å². The van der Waals surface area contributed by atoms with Gasteiger partial charge in [-0.3, -0.25) is 13.9 Å². The van der Waals surface area contributed by atoms with Crippen LogP contribution in [0.15, 0.2) is 78.9 Å². The maximum absolute atomic E-state index is 14.6. The highest BCUT2D eigenvalue weighted by Gasteiger charge is 2.33. The summed E-state index contributed by atoms with van der Waals surface area (Å²) in [6.07, 6.45) is 1.04. The summed E-state index contributed by atoms with van der Waals surface area (Å²) >= 11 is 0. The molecule has 36 heavy (non-hydrogen) atoms. The van der Waals surface area contributed by atoms with E-state index in [9.17, 15) is 26.8 Å². The summed E-state index contributed by atoms with van der Waals surface area (Å²) in [4.78, 5) is 27.8. The van der Waals surface area contributed by atoms with Gasteiger partial charge in [0.05, 0.1) is 11.9 Å². The van der Waals surface area contributed by atoms with E-state index in [1.54, 1.807) is 30.3 Å². The Balaban J connectivity index is 2.03. The molecule has 10 heteroatoms. The molecule has 0 unspecified atom stereocenters. The van der Waals surface area contributed by atoms with Crippen molar-refractivity contribution < 1.29 is 26.8 Å². The number of rotatable bonds is 10. The van der Waals surface area contributed by atoms with Crippen LogP contribution in [0.1, 0.15) is 11.1 Å². The third kappa shape index (κ3) is 6.88. The molecule has 0 aliphatic carbocycles. The van der Waals surface area contributed by atoms with E-state index < -0.39 is 46.1 Å². The van der Waals surface area contributed by atoms with E-state index in [1.165, 1.54) is 42.3 Å². The lowest BCUT2D eigenvalue weighted by molar-refractivity contribution is -0.139. The molecule has 0 radical (unpaired) electrons. The average molecular weight is 516 g/mol. The maximum atomic E-state index is 14.6. The van der Waals surface area contributed by atoms with Gasteiger partial charge in [-0.2, -0.15) is 0 Å². The highest BCUT2D eigenvalue weighted by molar-refractivity contribution is 7.92. The van der Waals surface area contributed by atoms with Crippen molar-refractivity contribution in [3.63, 3.8) is 0 Å². The number of benzene rings is 3. The second-order valence-electron chi connectivity index (χ2n) is 8.18. The Labute approximate surface area is 209 Å². The van der Waals surface area contributed by atoms with Crippen LogP contribution in [0, 0.1) is 11.6 Å². The summed E-state index contributed by atoms with van der Waals surface area (Å²) in [6.45, 7) is -0.932. The van der Waals surface area contributed by atoms with E-state index in [0.29, 0.717) is 0 Å². The predicted octanol–water partition coefficient (Wildman–Crippen LogP) is 3.12. The largest absolute Gasteiger partial charge is 0.357 e. The van der Waals surface area contributed by atoms with Crippen LogP contribution in [0.5, 0.6) is 0 Å². The summed E-state index contributed by atoms with van der Waals surface area (Å²) in [5.74, 6) is -2.35. The van der Waals surface area contributed by atoms with Crippen molar-refractivity contribution in [2.24, 2.45) is 0 Å². The Morgan fingerprint density at radius 1 is 0.917 bits per heavy atom. The van der Waals surface area contributed by atoms with Gasteiger partial charge in [0.2, 0.25) is 21.8 Å². The number of hydrogen-bond donors (Lipinski definition) is 1. The molecule has 1 atom stereocenters. The molecule has 0 aromatic heterocycles. The van der Waals surface area contributed by atoms with Crippen LogP contribution in [0.3, 0.4) is 0 Å². The third-order valence-corrected chi connectivity index (χ3v) is 6.75. The van der Waals surface area contributed by atoms with Gasteiger partial charge >= 0.3 is 0 Å². The molecule has 3 rings (SSSR count). The van der Waals surface area contributed by atoms with Crippen LogP contribution >= 0.6 is 0 Å². The van der Waals surface area contributed by atoms with Crippen LogP contribution in [-0.4, -0.2) is 51.0 Å². The van der Waals surface area contributed by atoms with Gasteiger partial charge in [0.25, 0.3) is 0 Å². The summed E-state index contributed by atoms with van der Waals surface area (Å²) < 4.78 is 53.9. The molecule has 190 valence electrons. The number of anilines is 1. The van der Waals surface area contributed by atoms with Gasteiger partial charge in [-0.25, -0.2) is 17.2 Å². The number of halogens is 2. The zero-order valence-electron chi connectivity index (χ0n) is 19.9. The first-order valence-corrected chi connectivity index (χ1v) is 13.0. The summed E-state index contributed by atoms with van der Waals surface area (Å²) in [5, 5.41) is 2.54. The molecule has 0 fully saturated rings. The molecule has 0 saturated carbocycles. The third-order valence-electron chi connectivity index (χ3n) is 5.61.